The highest BCUT2D eigenvalue weighted by Gasteiger charge is 2.27. The lowest BCUT2D eigenvalue weighted by atomic mass is 10.0. The van der Waals surface area contributed by atoms with E-state index in [0.717, 1.165) is 0 Å². The average molecular weight is 260 g/mol. The maximum absolute atomic E-state index is 11.7. The van der Waals surface area contributed by atoms with E-state index in [1.807, 2.05) is 13.8 Å². The zero-order valence-electron chi connectivity index (χ0n) is 10.9. The molecule has 0 bridgehead atoms. The molecule has 5 nitrogen and oxygen atoms in total. The van der Waals surface area contributed by atoms with E-state index in [2.05, 4.69) is 10.3 Å². The number of hydrogen-bond donors (Lipinski definition) is 2. The topological polar surface area (TPSA) is 78.8 Å². The molecule has 1 amide bonds. The highest BCUT2D eigenvalue weighted by molar-refractivity contribution is 6.20. The summed E-state index contributed by atoms with van der Waals surface area (Å²) in [5.74, 6) is -0.671. The summed E-state index contributed by atoms with van der Waals surface area (Å²) < 4.78 is 0. The SMILES string of the molecule is CC(C)CC(NC1=NC(=O)c2ccccc21)C(=O)O. The van der Waals surface area contributed by atoms with Gasteiger partial charge in [-0.15, -0.1) is 0 Å². The number of hydrogen-bond acceptors (Lipinski definition) is 3. The Labute approximate surface area is 111 Å². The monoisotopic (exact) mass is 260 g/mol. The first kappa shape index (κ1) is 13.3. The van der Waals surface area contributed by atoms with Crippen LogP contribution in [0.25, 0.3) is 0 Å². The lowest BCUT2D eigenvalue weighted by Gasteiger charge is -2.17. The van der Waals surface area contributed by atoms with Crippen molar-refractivity contribution in [2.45, 2.75) is 26.3 Å². The first-order chi connectivity index (χ1) is 8.99. The van der Waals surface area contributed by atoms with E-state index in [1.54, 1.807) is 24.3 Å². The molecule has 100 valence electrons. The number of aliphatic imine (C=N–C) groups is 1. The molecule has 19 heavy (non-hydrogen) atoms. The third kappa shape index (κ3) is 2.81. The summed E-state index contributed by atoms with van der Waals surface area (Å²) in [6, 6.07) is 6.27. The minimum Gasteiger partial charge on any atom is -0.480 e. The van der Waals surface area contributed by atoms with E-state index in [1.165, 1.54) is 0 Å². The Morgan fingerprint density at radius 1 is 1.32 bits per heavy atom. The van der Waals surface area contributed by atoms with E-state index in [4.69, 9.17) is 0 Å². The maximum Gasteiger partial charge on any atom is 0.326 e. The molecule has 0 aliphatic carbocycles. The molecule has 5 heteroatoms. The van der Waals surface area contributed by atoms with Crippen molar-refractivity contribution in [1.29, 1.82) is 0 Å². The van der Waals surface area contributed by atoms with Crippen LogP contribution >= 0.6 is 0 Å². The quantitative estimate of drug-likeness (QED) is 0.863. The second-order valence-corrected chi connectivity index (χ2v) is 4.98. The van der Waals surface area contributed by atoms with Crippen molar-refractivity contribution in [2.75, 3.05) is 0 Å². The minimum atomic E-state index is -0.937. The number of carbonyl (C=O) groups excluding carboxylic acids is 1. The third-order valence-corrected chi connectivity index (χ3v) is 2.94. The van der Waals surface area contributed by atoms with Crippen molar-refractivity contribution in [2.24, 2.45) is 10.9 Å². The Hall–Kier alpha value is -2.17. The summed E-state index contributed by atoms with van der Waals surface area (Å²) in [6.07, 6.45) is 0.477. The van der Waals surface area contributed by atoms with Gasteiger partial charge in [-0.1, -0.05) is 32.0 Å². The molecule has 1 atom stereocenters. The fourth-order valence-electron chi connectivity index (χ4n) is 2.07. The summed E-state index contributed by atoms with van der Waals surface area (Å²) >= 11 is 0. The Morgan fingerprint density at radius 2 is 1.95 bits per heavy atom. The first-order valence-corrected chi connectivity index (χ1v) is 6.20. The van der Waals surface area contributed by atoms with Gasteiger partial charge in [-0.2, -0.15) is 4.99 Å². The molecular formula is C14H16N2O3. The van der Waals surface area contributed by atoms with Gasteiger partial charge in [0, 0.05) is 5.56 Å². The number of benzene rings is 1. The molecule has 0 spiro atoms. The molecule has 2 rings (SSSR count). The van der Waals surface area contributed by atoms with Crippen molar-refractivity contribution in [3.63, 3.8) is 0 Å². The Bertz CT molecular complexity index is 549. The van der Waals surface area contributed by atoms with Crippen molar-refractivity contribution in [3.05, 3.63) is 35.4 Å². The number of amidine groups is 1. The highest BCUT2D eigenvalue weighted by atomic mass is 16.4. The van der Waals surface area contributed by atoms with Gasteiger partial charge in [0.1, 0.15) is 11.9 Å². The molecule has 1 aliphatic rings. The molecule has 0 fully saturated rings. The lowest BCUT2D eigenvalue weighted by molar-refractivity contribution is -0.139. The number of carbonyl (C=O) groups is 2. The summed E-state index contributed by atoms with van der Waals surface area (Å²) in [5, 5.41) is 12.1. The largest absolute Gasteiger partial charge is 0.480 e. The minimum absolute atomic E-state index is 0.238. The van der Waals surface area contributed by atoms with Crippen LogP contribution in [-0.4, -0.2) is 28.9 Å². The van der Waals surface area contributed by atoms with Crippen LogP contribution in [0.1, 0.15) is 36.2 Å². The first-order valence-electron chi connectivity index (χ1n) is 6.20. The molecule has 0 aromatic heterocycles. The van der Waals surface area contributed by atoms with Gasteiger partial charge < -0.3 is 10.4 Å². The predicted molar refractivity (Wildman–Crippen MR) is 71.3 cm³/mol. The van der Waals surface area contributed by atoms with Crippen LogP contribution in [-0.2, 0) is 4.79 Å². The Balaban J connectivity index is 2.22. The van der Waals surface area contributed by atoms with Crippen LogP contribution in [0.5, 0.6) is 0 Å². The summed E-state index contributed by atoms with van der Waals surface area (Å²) in [6.45, 7) is 3.90. The van der Waals surface area contributed by atoms with Gasteiger partial charge in [0.05, 0.1) is 5.56 Å². The Morgan fingerprint density at radius 3 is 2.53 bits per heavy atom. The zero-order valence-corrected chi connectivity index (χ0v) is 10.9. The summed E-state index contributed by atoms with van der Waals surface area (Å²) in [4.78, 5) is 26.8. The van der Waals surface area contributed by atoms with Gasteiger partial charge in [0.15, 0.2) is 0 Å². The van der Waals surface area contributed by atoms with Gasteiger partial charge in [0.25, 0.3) is 5.91 Å². The second kappa shape index (κ2) is 5.22. The molecule has 1 aromatic carbocycles. The van der Waals surface area contributed by atoms with Crippen LogP contribution in [0.15, 0.2) is 29.3 Å². The molecular weight excluding hydrogens is 244 g/mol. The predicted octanol–water partition coefficient (Wildman–Crippen LogP) is 1.68. The van der Waals surface area contributed by atoms with E-state index in [-0.39, 0.29) is 11.8 Å². The standard InChI is InChI=1S/C14H16N2O3/c1-8(2)7-11(14(18)19)15-12-9-5-3-4-6-10(9)13(17)16-12/h3-6,8,11H,7H2,1-2H3,(H,18,19)(H,15,16,17). The van der Waals surface area contributed by atoms with Crippen LogP contribution in [0.4, 0.5) is 0 Å². The maximum atomic E-state index is 11.7. The van der Waals surface area contributed by atoms with Gasteiger partial charge in [-0.3, -0.25) is 4.79 Å². The van der Waals surface area contributed by atoms with E-state index >= 15 is 0 Å². The van der Waals surface area contributed by atoms with Gasteiger partial charge in [0.2, 0.25) is 0 Å². The van der Waals surface area contributed by atoms with Gasteiger partial charge >= 0.3 is 5.97 Å². The van der Waals surface area contributed by atoms with Crippen LogP contribution in [0.3, 0.4) is 0 Å². The molecule has 0 radical (unpaired) electrons. The van der Waals surface area contributed by atoms with Crippen LogP contribution in [0, 0.1) is 5.92 Å². The zero-order chi connectivity index (χ0) is 14.0. The smallest absolute Gasteiger partial charge is 0.326 e. The van der Waals surface area contributed by atoms with E-state index < -0.39 is 12.0 Å². The van der Waals surface area contributed by atoms with E-state index in [9.17, 15) is 14.7 Å². The number of nitrogens with one attached hydrogen (secondary N) is 1. The number of nitrogens with zero attached hydrogens (tertiary/aromatic N) is 1. The molecule has 1 unspecified atom stereocenters. The molecule has 0 saturated carbocycles. The van der Waals surface area contributed by atoms with Crippen molar-refractivity contribution in [3.8, 4) is 0 Å². The fourth-order valence-corrected chi connectivity index (χ4v) is 2.07. The number of amides is 1. The molecule has 0 saturated heterocycles. The van der Waals surface area contributed by atoms with Gasteiger partial charge in [-0.25, -0.2) is 4.79 Å². The van der Waals surface area contributed by atoms with Gasteiger partial charge in [-0.05, 0) is 18.4 Å². The molecule has 2 N–H and O–H groups in total. The number of carboxylic acids is 1. The highest BCUT2D eigenvalue weighted by Crippen LogP contribution is 2.18. The number of fused-ring (bicyclic) bond motifs is 1. The summed E-state index contributed by atoms with van der Waals surface area (Å²) in [5.41, 5.74) is 1.18. The number of carboxylic acid groups (broad SMARTS) is 1. The third-order valence-electron chi connectivity index (χ3n) is 2.94. The Kier molecular flexibility index (Phi) is 3.64. The van der Waals surface area contributed by atoms with E-state index in [0.29, 0.717) is 23.4 Å². The van der Waals surface area contributed by atoms with Crippen molar-refractivity contribution >= 4 is 17.7 Å². The lowest BCUT2D eigenvalue weighted by Crippen LogP contribution is -2.41. The second-order valence-electron chi connectivity index (χ2n) is 4.98. The van der Waals surface area contributed by atoms with Crippen molar-refractivity contribution < 1.29 is 14.7 Å². The molecule has 1 heterocycles. The fraction of sp³-hybridized carbons (Fsp3) is 0.357. The normalized spacial score (nSPS) is 15.1. The van der Waals surface area contributed by atoms with Crippen LogP contribution in [0.2, 0.25) is 0 Å². The number of rotatable bonds is 4. The molecule has 1 aromatic rings. The summed E-state index contributed by atoms with van der Waals surface area (Å²) in [7, 11) is 0. The number of aliphatic carboxylic acids is 1. The molecule has 1 aliphatic heterocycles. The van der Waals surface area contributed by atoms with Crippen LogP contribution < -0.4 is 5.32 Å². The average Bonchev–Trinajstić information content (AvgIpc) is 2.66. The van der Waals surface area contributed by atoms with Crippen molar-refractivity contribution in [1.82, 2.24) is 5.32 Å².